The molecule has 0 bridgehead atoms. The van der Waals surface area contributed by atoms with Crippen molar-refractivity contribution in [3.63, 3.8) is 0 Å². The fourth-order valence-electron chi connectivity index (χ4n) is 2.29. The van der Waals surface area contributed by atoms with Gasteiger partial charge in [0.1, 0.15) is 0 Å². The molecule has 0 aromatic carbocycles. The number of alkyl halides is 17. The van der Waals surface area contributed by atoms with Crippen molar-refractivity contribution >= 4 is 16.0 Å². The summed E-state index contributed by atoms with van der Waals surface area (Å²) in [6.45, 7) is -2.39. The summed E-state index contributed by atoms with van der Waals surface area (Å²) in [6.07, 6.45) is -10.3. The van der Waals surface area contributed by atoms with Crippen molar-refractivity contribution < 1.29 is 112 Å². The monoisotopic (exact) mass is 619 g/mol. The number of aliphatic carboxylic acids is 1. The number of halogens is 17. The van der Waals surface area contributed by atoms with Crippen LogP contribution in [0.15, 0.2) is 0 Å². The van der Waals surface area contributed by atoms with Gasteiger partial charge >= 0.3 is 65.8 Å². The van der Waals surface area contributed by atoms with Crippen LogP contribution in [-0.2, 0) is 14.8 Å². The van der Waals surface area contributed by atoms with E-state index in [-0.39, 0.29) is 18.9 Å². The van der Waals surface area contributed by atoms with E-state index in [2.05, 4.69) is 0 Å². The maximum absolute atomic E-state index is 14.1. The summed E-state index contributed by atoms with van der Waals surface area (Å²) >= 11 is 0. The van der Waals surface area contributed by atoms with Crippen LogP contribution in [-0.4, -0.2) is 78.7 Å². The molecular formula is C14H11F17LiNO4S. The number of carboxylic acids is 1. The molecule has 0 amide bonds. The van der Waals surface area contributed by atoms with E-state index in [0.29, 0.717) is 0 Å². The maximum Gasteiger partial charge on any atom is 1.00 e. The molecule has 5 nitrogen and oxygen atoms in total. The summed E-state index contributed by atoms with van der Waals surface area (Å²) in [5, 5.41) is 2.63. The molecule has 222 valence electrons. The van der Waals surface area contributed by atoms with Crippen molar-refractivity contribution in [1.82, 2.24) is 4.31 Å². The number of hydrogen-bond donors (Lipinski definition) is 0. The summed E-state index contributed by atoms with van der Waals surface area (Å²) in [5.74, 6) is -54.4. The van der Waals surface area contributed by atoms with Crippen molar-refractivity contribution in [3.05, 3.63) is 0 Å². The van der Waals surface area contributed by atoms with Crippen LogP contribution in [0.3, 0.4) is 0 Å². The van der Waals surface area contributed by atoms with Crippen LogP contribution in [0.1, 0.15) is 19.8 Å². The first-order valence-corrected chi connectivity index (χ1v) is 10.2. The number of carbonyl (C=O) groups is 1. The molecule has 0 N–H and O–H groups in total. The van der Waals surface area contributed by atoms with Crippen molar-refractivity contribution in [2.75, 3.05) is 13.1 Å². The first-order valence-electron chi connectivity index (χ1n) is 8.78. The molecule has 0 saturated heterocycles. The quantitative estimate of drug-likeness (QED) is 0.229. The zero-order chi connectivity index (χ0) is 30.5. The number of carbonyl (C=O) groups excluding carboxylic acids is 1. The minimum Gasteiger partial charge on any atom is -0.550 e. The van der Waals surface area contributed by atoms with Gasteiger partial charge in [-0.1, -0.05) is 6.92 Å². The Labute approximate surface area is 212 Å². The Kier molecular flexibility index (Phi) is 11.3. The van der Waals surface area contributed by atoms with Gasteiger partial charge in [-0.3, -0.25) is 0 Å². The molecule has 38 heavy (non-hydrogen) atoms. The molecule has 0 spiro atoms. The molecule has 0 radical (unpaired) electrons. The molecule has 0 heterocycles. The Hall–Kier alpha value is -1.21. The SMILES string of the molecule is CCCN(CCC(=O)[O-])S(=O)(=O)C(F)(F)C(F)(F)C(F)(F)C(F)(F)C(F)(F)C(F)(F)C(F)(F)C(F)(F)F.[Li+]. The Balaban J connectivity index is 0. The number of rotatable bonds is 13. The van der Waals surface area contributed by atoms with E-state index in [0.717, 1.165) is 6.92 Å². The third-order valence-corrected chi connectivity index (χ3v) is 6.34. The first kappa shape index (κ1) is 38.9. The number of carboxylic acid groups (broad SMARTS) is 1. The molecule has 0 aliphatic carbocycles. The van der Waals surface area contributed by atoms with E-state index < -0.39 is 93.2 Å². The van der Waals surface area contributed by atoms with E-state index in [4.69, 9.17) is 0 Å². The molecule has 0 fully saturated rings. The minimum atomic E-state index is -8.93. The summed E-state index contributed by atoms with van der Waals surface area (Å²) < 4.78 is 248. The van der Waals surface area contributed by atoms with Gasteiger partial charge in [-0.25, -0.2) is 8.42 Å². The molecule has 0 aromatic heterocycles. The second-order valence-corrected chi connectivity index (χ2v) is 8.97. The predicted octanol–water partition coefficient (Wildman–Crippen LogP) is 1.14. The molecule has 0 aliphatic rings. The van der Waals surface area contributed by atoms with Crippen LogP contribution in [0.25, 0.3) is 0 Å². The van der Waals surface area contributed by atoms with Crippen LogP contribution in [0.5, 0.6) is 0 Å². The Morgan fingerprint density at radius 1 is 0.632 bits per heavy atom. The van der Waals surface area contributed by atoms with E-state index in [1.807, 2.05) is 0 Å². The van der Waals surface area contributed by atoms with Crippen molar-refractivity contribution in [2.45, 2.75) is 66.7 Å². The Morgan fingerprint density at radius 2 is 0.947 bits per heavy atom. The van der Waals surface area contributed by atoms with Gasteiger partial charge in [0, 0.05) is 25.5 Å². The third-order valence-electron chi connectivity index (χ3n) is 4.40. The molecule has 0 rings (SSSR count). The number of nitrogens with zero attached hydrogens (tertiary/aromatic N) is 1. The Bertz CT molecular complexity index is 951. The topological polar surface area (TPSA) is 77.5 Å². The molecule has 0 aliphatic heterocycles. The molecule has 24 heteroatoms. The van der Waals surface area contributed by atoms with Gasteiger partial charge in [0.15, 0.2) is 0 Å². The first-order chi connectivity index (χ1) is 15.9. The van der Waals surface area contributed by atoms with Gasteiger partial charge < -0.3 is 9.90 Å². The normalized spacial score (nSPS) is 15.4. The summed E-state index contributed by atoms with van der Waals surface area (Å²) in [7, 11) is -7.51. The predicted molar refractivity (Wildman–Crippen MR) is 81.1 cm³/mol. The fourth-order valence-corrected chi connectivity index (χ4v) is 3.82. The molecule has 0 saturated carbocycles. The minimum absolute atomic E-state index is 0. The van der Waals surface area contributed by atoms with Gasteiger partial charge in [-0.2, -0.15) is 78.9 Å². The van der Waals surface area contributed by atoms with Crippen molar-refractivity contribution in [2.24, 2.45) is 0 Å². The van der Waals surface area contributed by atoms with Crippen LogP contribution in [0.4, 0.5) is 74.6 Å². The zero-order valence-electron chi connectivity index (χ0n) is 18.2. The standard InChI is InChI=1S/C14H12F17NO4S.Li/c1-2-4-32(5-3-6(33)34)37(35,36)14(30,31)12(25,26)10(21,22)8(17,18)7(15,16)9(19,20)11(23,24)13(27,28)29;/h2-5H2,1H3,(H,33,34);/q;+1/p-1. The largest absolute Gasteiger partial charge is 1.00 e. The van der Waals surface area contributed by atoms with Gasteiger partial charge in [0.05, 0.1) is 0 Å². The molecule has 0 aromatic rings. The van der Waals surface area contributed by atoms with Gasteiger partial charge in [0.2, 0.25) is 0 Å². The Morgan fingerprint density at radius 3 is 1.24 bits per heavy atom. The molecule has 0 unspecified atom stereocenters. The average Bonchev–Trinajstić information content (AvgIpc) is 2.68. The van der Waals surface area contributed by atoms with E-state index in [1.165, 1.54) is 0 Å². The molecular weight excluding hydrogens is 608 g/mol. The third kappa shape index (κ3) is 5.52. The van der Waals surface area contributed by atoms with Crippen molar-refractivity contribution in [3.8, 4) is 0 Å². The second-order valence-electron chi connectivity index (χ2n) is 6.99. The second kappa shape index (κ2) is 11.0. The number of sulfonamides is 1. The van der Waals surface area contributed by atoms with Crippen LogP contribution >= 0.6 is 0 Å². The van der Waals surface area contributed by atoms with Gasteiger partial charge in [-0.05, 0) is 6.42 Å². The summed E-state index contributed by atoms with van der Waals surface area (Å²) in [4.78, 5) is 10.3. The van der Waals surface area contributed by atoms with Crippen LogP contribution in [0, 0.1) is 0 Å². The van der Waals surface area contributed by atoms with Crippen molar-refractivity contribution in [1.29, 1.82) is 0 Å². The van der Waals surface area contributed by atoms with Crippen LogP contribution in [0.2, 0.25) is 0 Å². The smallest absolute Gasteiger partial charge is 0.550 e. The van der Waals surface area contributed by atoms with Gasteiger partial charge in [0.25, 0.3) is 10.0 Å². The zero-order valence-corrected chi connectivity index (χ0v) is 19.1. The fraction of sp³-hybridized carbons (Fsp3) is 0.929. The maximum atomic E-state index is 14.1. The summed E-state index contributed by atoms with van der Waals surface area (Å²) in [5.41, 5.74) is 0. The average molecular weight is 619 g/mol. The number of hydrogen-bond acceptors (Lipinski definition) is 4. The van der Waals surface area contributed by atoms with E-state index in [1.54, 1.807) is 0 Å². The van der Waals surface area contributed by atoms with E-state index >= 15 is 0 Å². The summed E-state index contributed by atoms with van der Waals surface area (Å²) in [6, 6.07) is 0. The molecule has 0 atom stereocenters. The van der Waals surface area contributed by atoms with E-state index in [9.17, 15) is 93.0 Å². The van der Waals surface area contributed by atoms with Gasteiger partial charge in [-0.15, -0.1) is 0 Å². The van der Waals surface area contributed by atoms with Crippen LogP contribution < -0.4 is 24.0 Å².